The maximum atomic E-state index is 12.3. The number of carbonyl (C=O) groups is 1. The molecule has 1 amide bonds. The van der Waals surface area contributed by atoms with Crippen LogP contribution >= 0.6 is 0 Å². The third kappa shape index (κ3) is 4.41. The number of hydrogen-bond acceptors (Lipinski definition) is 3. The molecule has 0 heterocycles. The molecule has 2 aromatic rings. The molecule has 3 rings (SSSR count). The van der Waals surface area contributed by atoms with E-state index in [1.807, 2.05) is 75.4 Å². The van der Waals surface area contributed by atoms with Gasteiger partial charge in [0.1, 0.15) is 5.60 Å². The zero-order valence-electron chi connectivity index (χ0n) is 14.8. The molecule has 4 heteroatoms. The summed E-state index contributed by atoms with van der Waals surface area (Å²) in [6.07, 6.45) is 3.75. The molecule has 4 nitrogen and oxygen atoms in total. The lowest BCUT2D eigenvalue weighted by atomic mass is 9.89. The van der Waals surface area contributed by atoms with Crippen LogP contribution in [0, 0.1) is 0 Å². The van der Waals surface area contributed by atoms with E-state index in [1.54, 1.807) is 0 Å². The van der Waals surface area contributed by atoms with Gasteiger partial charge in [0.15, 0.2) is 0 Å². The second-order valence-electron chi connectivity index (χ2n) is 7.15. The van der Waals surface area contributed by atoms with Crippen LogP contribution in [0.5, 0.6) is 0 Å². The Labute approximate surface area is 148 Å². The largest absolute Gasteiger partial charge is 0.444 e. The molecule has 25 heavy (non-hydrogen) atoms. The Bertz CT molecular complexity index is 763. The van der Waals surface area contributed by atoms with Crippen LogP contribution in [-0.2, 0) is 4.74 Å². The summed E-state index contributed by atoms with van der Waals surface area (Å²) < 4.78 is 5.45. The van der Waals surface area contributed by atoms with Crippen molar-refractivity contribution in [2.24, 2.45) is 0 Å². The van der Waals surface area contributed by atoms with Gasteiger partial charge in [0, 0.05) is 5.69 Å². The molecule has 0 fully saturated rings. The molecular weight excluding hydrogens is 312 g/mol. The minimum absolute atomic E-state index is 0.0650. The van der Waals surface area contributed by atoms with E-state index in [0.717, 1.165) is 16.8 Å². The van der Waals surface area contributed by atoms with E-state index < -0.39 is 11.7 Å². The molecule has 0 radical (unpaired) electrons. The van der Waals surface area contributed by atoms with Crippen LogP contribution in [0.3, 0.4) is 0 Å². The molecule has 0 unspecified atom stereocenters. The van der Waals surface area contributed by atoms with Gasteiger partial charge in [-0.25, -0.2) is 4.79 Å². The Kier molecular flexibility index (Phi) is 4.79. The summed E-state index contributed by atoms with van der Waals surface area (Å²) in [6, 6.07) is 17.8. The Morgan fingerprint density at radius 2 is 1.68 bits per heavy atom. The van der Waals surface area contributed by atoms with Crippen molar-refractivity contribution >= 4 is 17.9 Å². The molecular formula is C21H24N2O2. The minimum atomic E-state index is -0.531. The first-order valence-electron chi connectivity index (χ1n) is 8.51. The molecule has 130 valence electrons. The number of nitrogens with one attached hydrogen (secondary N) is 2. The lowest BCUT2D eigenvalue weighted by Crippen LogP contribution is -2.42. The van der Waals surface area contributed by atoms with Crippen LogP contribution in [0.25, 0.3) is 6.08 Å². The van der Waals surface area contributed by atoms with E-state index in [2.05, 4.69) is 22.8 Å². The first kappa shape index (κ1) is 17.1. The molecule has 0 saturated heterocycles. The fourth-order valence-corrected chi connectivity index (χ4v) is 2.92. The Balaban J connectivity index is 1.85. The van der Waals surface area contributed by atoms with Crippen LogP contribution in [0.4, 0.5) is 10.5 Å². The predicted octanol–water partition coefficient (Wildman–Crippen LogP) is 4.76. The smallest absolute Gasteiger partial charge is 0.408 e. The van der Waals surface area contributed by atoms with Gasteiger partial charge in [0.25, 0.3) is 0 Å². The van der Waals surface area contributed by atoms with Crippen molar-refractivity contribution in [3.63, 3.8) is 0 Å². The summed E-state index contributed by atoms with van der Waals surface area (Å²) in [4.78, 5) is 12.3. The number of anilines is 1. The number of para-hydroxylation sites is 1. The van der Waals surface area contributed by atoms with E-state index in [9.17, 15) is 4.79 Å². The van der Waals surface area contributed by atoms with Crippen LogP contribution in [0.1, 0.15) is 37.9 Å². The number of benzene rings is 2. The first-order chi connectivity index (χ1) is 11.9. The van der Waals surface area contributed by atoms with Crippen LogP contribution < -0.4 is 10.6 Å². The van der Waals surface area contributed by atoms with Crippen LogP contribution in [0.2, 0.25) is 0 Å². The third-order valence-corrected chi connectivity index (χ3v) is 3.95. The van der Waals surface area contributed by atoms with Gasteiger partial charge in [-0.05, 0) is 44.0 Å². The molecule has 0 aliphatic heterocycles. The lowest BCUT2D eigenvalue weighted by Gasteiger charge is -2.32. The van der Waals surface area contributed by atoms with Crippen LogP contribution in [0.15, 0.2) is 60.7 Å². The summed E-state index contributed by atoms with van der Waals surface area (Å²) >= 11 is 0. The molecule has 0 saturated carbocycles. The van der Waals surface area contributed by atoms with Crippen molar-refractivity contribution in [1.82, 2.24) is 5.32 Å². The average molecular weight is 336 g/mol. The van der Waals surface area contributed by atoms with Crippen molar-refractivity contribution in [3.05, 3.63) is 71.8 Å². The highest BCUT2D eigenvalue weighted by Crippen LogP contribution is 2.30. The van der Waals surface area contributed by atoms with Crippen molar-refractivity contribution in [1.29, 1.82) is 0 Å². The number of amides is 1. The molecule has 0 spiro atoms. The SMILES string of the molecule is CC(C)(C)OC(=O)N[C@H]1c2ccccc2C=C[C@@H]1Nc1ccccc1. The molecule has 1 aliphatic carbocycles. The van der Waals surface area contributed by atoms with Crippen LogP contribution in [-0.4, -0.2) is 17.7 Å². The van der Waals surface area contributed by atoms with E-state index in [-0.39, 0.29) is 12.1 Å². The molecule has 2 aromatic carbocycles. The van der Waals surface area contributed by atoms with E-state index in [1.165, 1.54) is 0 Å². The Hall–Kier alpha value is -2.75. The monoisotopic (exact) mass is 336 g/mol. The second-order valence-corrected chi connectivity index (χ2v) is 7.15. The standard InChI is InChI=1S/C21H24N2O2/c1-21(2,3)25-20(24)23-19-17-12-8-7-9-15(17)13-14-18(19)22-16-10-5-4-6-11-16/h4-14,18-19,22H,1-3H3,(H,23,24)/t18-,19-/m0/s1. The highest BCUT2D eigenvalue weighted by molar-refractivity contribution is 5.71. The highest BCUT2D eigenvalue weighted by Gasteiger charge is 2.29. The minimum Gasteiger partial charge on any atom is -0.444 e. The quantitative estimate of drug-likeness (QED) is 0.849. The summed E-state index contributed by atoms with van der Waals surface area (Å²) in [5.41, 5.74) is 2.66. The second kappa shape index (κ2) is 7.01. The van der Waals surface area contributed by atoms with Crippen molar-refractivity contribution in [2.75, 3.05) is 5.32 Å². The van der Waals surface area contributed by atoms with Gasteiger partial charge >= 0.3 is 6.09 Å². The summed E-state index contributed by atoms with van der Waals surface area (Å²) in [5.74, 6) is 0. The molecule has 1 aliphatic rings. The number of fused-ring (bicyclic) bond motifs is 1. The van der Waals surface area contributed by atoms with Gasteiger partial charge < -0.3 is 15.4 Å². The number of hydrogen-bond donors (Lipinski definition) is 2. The zero-order chi connectivity index (χ0) is 17.9. The van der Waals surface area contributed by atoms with Crippen molar-refractivity contribution in [3.8, 4) is 0 Å². The van der Waals surface area contributed by atoms with Gasteiger partial charge in [-0.15, -0.1) is 0 Å². The fraction of sp³-hybridized carbons (Fsp3) is 0.286. The maximum absolute atomic E-state index is 12.3. The van der Waals surface area contributed by atoms with Crippen molar-refractivity contribution < 1.29 is 9.53 Å². The highest BCUT2D eigenvalue weighted by atomic mass is 16.6. The average Bonchev–Trinajstić information content (AvgIpc) is 2.56. The molecule has 0 aromatic heterocycles. The maximum Gasteiger partial charge on any atom is 0.408 e. The topological polar surface area (TPSA) is 50.4 Å². The zero-order valence-corrected chi connectivity index (χ0v) is 14.8. The summed E-state index contributed by atoms with van der Waals surface area (Å²) in [6.45, 7) is 5.59. The Morgan fingerprint density at radius 1 is 1.00 bits per heavy atom. The van der Waals surface area contributed by atoms with Gasteiger partial charge in [-0.1, -0.05) is 54.6 Å². The summed E-state index contributed by atoms with van der Waals surface area (Å²) in [5, 5.41) is 6.51. The number of rotatable bonds is 3. The van der Waals surface area contributed by atoms with E-state index in [4.69, 9.17) is 4.74 Å². The third-order valence-electron chi connectivity index (χ3n) is 3.95. The molecule has 2 N–H and O–H groups in total. The molecule has 0 bridgehead atoms. The van der Waals surface area contributed by atoms with Gasteiger partial charge in [0.2, 0.25) is 0 Å². The van der Waals surface area contributed by atoms with E-state index in [0.29, 0.717) is 0 Å². The normalized spacial score (nSPS) is 19.0. The number of alkyl carbamates (subject to hydrolysis) is 1. The fourth-order valence-electron chi connectivity index (χ4n) is 2.92. The Morgan fingerprint density at radius 3 is 2.40 bits per heavy atom. The van der Waals surface area contributed by atoms with Crippen molar-refractivity contribution in [2.45, 2.75) is 38.5 Å². The van der Waals surface area contributed by atoms with Gasteiger partial charge in [0.05, 0.1) is 12.1 Å². The first-order valence-corrected chi connectivity index (χ1v) is 8.51. The van der Waals surface area contributed by atoms with Gasteiger partial charge in [-0.3, -0.25) is 0 Å². The van der Waals surface area contributed by atoms with E-state index >= 15 is 0 Å². The number of ether oxygens (including phenoxy) is 1. The lowest BCUT2D eigenvalue weighted by molar-refractivity contribution is 0.0501. The van der Waals surface area contributed by atoms with Gasteiger partial charge in [-0.2, -0.15) is 0 Å². The number of carbonyl (C=O) groups excluding carboxylic acids is 1. The molecule has 2 atom stereocenters. The summed E-state index contributed by atoms with van der Waals surface area (Å²) in [7, 11) is 0. The predicted molar refractivity (Wildman–Crippen MR) is 101 cm³/mol.